The highest BCUT2D eigenvalue weighted by Crippen LogP contribution is 2.35. The van der Waals surface area contributed by atoms with Gasteiger partial charge in [0.05, 0.1) is 0 Å². The zero-order chi connectivity index (χ0) is 16.8. The van der Waals surface area contributed by atoms with Crippen molar-refractivity contribution in [2.75, 3.05) is 0 Å². The van der Waals surface area contributed by atoms with Crippen LogP contribution in [0.3, 0.4) is 0 Å². The number of carbonyl (C=O) groups excluding carboxylic acids is 2. The molecule has 4 heteroatoms. The zero-order valence-electron chi connectivity index (χ0n) is 13.7. The van der Waals surface area contributed by atoms with Gasteiger partial charge in [-0.15, -0.1) is 0 Å². The van der Waals surface area contributed by atoms with E-state index in [1.807, 2.05) is 30.3 Å². The molecule has 0 radical (unpaired) electrons. The molecule has 128 valence electrons. The van der Waals surface area contributed by atoms with Gasteiger partial charge in [0.15, 0.2) is 0 Å². The van der Waals surface area contributed by atoms with E-state index in [0.29, 0.717) is 25.9 Å². The lowest BCUT2D eigenvalue weighted by Gasteiger charge is -2.29. The molecule has 1 aliphatic carbocycles. The van der Waals surface area contributed by atoms with E-state index in [4.69, 9.17) is 0 Å². The van der Waals surface area contributed by atoms with Crippen LogP contribution in [-0.2, 0) is 20.9 Å². The molecule has 0 unspecified atom stereocenters. The van der Waals surface area contributed by atoms with Crippen molar-refractivity contribution >= 4 is 12.8 Å². The minimum absolute atomic E-state index is 0.365. The minimum Gasteiger partial charge on any atom is -0.463 e. The van der Waals surface area contributed by atoms with Gasteiger partial charge < -0.3 is 9.53 Å². The lowest BCUT2D eigenvalue weighted by Crippen LogP contribution is -2.25. The molecule has 1 aliphatic rings. The highest BCUT2D eigenvalue weighted by molar-refractivity contribution is 5.48. The van der Waals surface area contributed by atoms with Crippen LogP contribution in [0, 0.1) is 0 Å². The topological polar surface area (TPSA) is 43.4 Å². The summed E-state index contributed by atoms with van der Waals surface area (Å²) < 4.78 is 18.5. The van der Waals surface area contributed by atoms with Gasteiger partial charge in [0.1, 0.15) is 18.6 Å². The van der Waals surface area contributed by atoms with E-state index in [0.717, 1.165) is 50.4 Å². The molecule has 1 aromatic carbocycles. The number of hydrogen-bond acceptors (Lipinski definition) is 3. The summed E-state index contributed by atoms with van der Waals surface area (Å²) in [6.07, 6.45) is 8.68. The number of aldehydes is 1. The number of hydrogen-bond donors (Lipinski definition) is 0. The summed E-state index contributed by atoms with van der Waals surface area (Å²) >= 11 is 0. The third kappa shape index (κ3) is 9.11. The van der Waals surface area contributed by atoms with Crippen molar-refractivity contribution in [3.8, 4) is 0 Å². The molecule has 0 spiro atoms. The number of unbranched alkanes of at least 4 members (excludes halogenated alkanes) is 2. The first-order valence-corrected chi connectivity index (χ1v) is 8.42. The van der Waals surface area contributed by atoms with Gasteiger partial charge >= 0.3 is 0 Å². The summed E-state index contributed by atoms with van der Waals surface area (Å²) in [5, 5.41) is 0. The molecule has 0 heterocycles. The second-order valence-electron chi connectivity index (χ2n) is 6.02. The van der Waals surface area contributed by atoms with E-state index in [-0.39, 0.29) is 0 Å². The van der Waals surface area contributed by atoms with Crippen molar-refractivity contribution in [1.82, 2.24) is 0 Å². The van der Waals surface area contributed by atoms with E-state index < -0.39 is 5.67 Å². The number of benzene rings is 1. The predicted octanol–water partition coefficient (Wildman–Crippen LogP) is 4.78. The Hall–Kier alpha value is -1.71. The number of ether oxygens (including phenoxy) is 1. The van der Waals surface area contributed by atoms with E-state index in [1.54, 1.807) is 0 Å². The number of rotatable bonds is 8. The summed E-state index contributed by atoms with van der Waals surface area (Å²) in [5.74, 6) is 0. The summed E-state index contributed by atoms with van der Waals surface area (Å²) in [5.41, 5.74) is 0.121. The Labute approximate surface area is 138 Å². The standard InChI is InChI=1S/C11H19FO.C8H8O2/c12-11(7-3-1-4-8-11)9-5-2-6-10-13;9-7-10-6-8-4-2-1-3-5-8/h10H,1-9H2;1-5,7H,6H2. The molecule has 0 bridgehead atoms. The molecule has 1 aromatic rings. The van der Waals surface area contributed by atoms with Crippen LogP contribution in [-0.4, -0.2) is 18.4 Å². The SMILES string of the molecule is O=CCCCCC1(F)CCCCC1.O=COCc1ccccc1. The van der Waals surface area contributed by atoms with Gasteiger partial charge in [-0.3, -0.25) is 4.79 Å². The Kier molecular flexibility index (Phi) is 9.92. The Morgan fingerprint density at radius 3 is 2.35 bits per heavy atom. The van der Waals surface area contributed by atoms with Gasteiger partial charge in [0.25, 0.3) is 6.47 Å². The molecule has 0 N–H and O–H groups in total. The molecule has 2 rings (SSSR count). The predicted molar refractivity (Wildman–Crippen MR) is 88.8 cm³/mol. The minimum atomic E-state index is -0.888. The first-order chi connectivity index (χ1) is 11.2. The number of alkyl halides is 1. The van der Waals surface area contributed by atoms with Crippen LogP contribution in [0.4, 0.5) is 4.39 Å². The third-order valence-electron chi connectivity index (χ3n) is 4.11. The Morgan fingerprint density at radius 1 is 1.04 bits per heavy atom. The molecule has 0 atom stereocenters. The van der Waals surface area contributed by atoms with E-state index in [9.17, 15) is 14.0 Å². The maximum Gasteiger partial charge on any atom is 0.293 e. The molecular weight excluding hydrogens is 295 g/mol. The summed E-state index contributed by atoms with van der Waals surface area (Å²) in [7, 11) is 0. The van der Waals surface area contributed by atoms with Crippen LogP contribution in [0.1, 0.15) is 63.4 Å². The normalized spacial score (nSPS) is 15.9. The van der Waals surface area contributed by atoms with Gasteiger partial charge in [0.2, 0.25) is 0 Å². The monoisotopic (exact) mass is 322 g/mol. The molecule has 0 amide bonds. The number of carbonyl (C=O) groups is 2. The van der Waals surface area contributed by atoms with Crippen molar-refractivity contribution < 1.29 is 18.7 Å². The fraction of sp³-hybridized carbons (Fsp3) is 0.579. The third-order valence-corrected chi connectivity index (χ3v) is 4.11. The highest BCUT2D eigenvalue weighted by atomic mass is 19.1. The van der Waals surface area contributed by atoms with Gasteiger partial charge in [-0.05, 0) is 37.7 Å². The zero-order valence-corrected chi connectivity index (χ0v) is 13.7. The van der Waals surface area contributed by atoms with E-state index in [2.05, 4.69) is 4.74 Å². The van der Waals surface area contributed by atoms with Crippen molar-refractivity contribution in [3.63, 3.8) is 0 Å². The van der Waals surface area contributed by atoms with E-state index >= 15 is 0 Å². The first kappa shape index (κ1) is 19.3. The smallest absolute Gasteiger partial charge is 0.293 e. The van der Waals surface area contributed by atoms with Crippen molar-refractivity contribution in [3.05, 3.63) is 35.9 Å². The van der Waals surface area contributed by atoms with Crippen LogP contribution < -0.4 is 0 Å². The summed E-state index contributed by atoms with van der Waals surface area (Å²) in [4.78, 5) is 19.8. The maximum atomic E-state index is 13.9. The molecule has 1 fully saturated rings. The Morgan fingerprint density at radius 2 is 1.74 bits per heavy atom. The molecule has 3 nitrogen and oxygen atoms in total. The molecule has 0 aromatic heterocycles. The average Bonchev–Trinajstić information content (AvgIpc) is 2.59. The molecule has 0 aliphatic heterocycles. The lowest BCUT2D eigenvalue weighted by molar-refractivity contribution is -0.129. The Bertz CT molecular complexity index is 428. The van der Waals surface area contributed by atoms with Gasteiger partial charge in [-0.1, -0.05) is 49.6 Å². The molecule has 0 saturated heterocycles. The van der Waals surface area contributed by atoms with Gasteiger partial charge in [-0.25, -0.2) is 4.39 Å². The summed E-state index contributed by atoms with van der Waals surface area (Å²) in [6.45, 7) is 0.817. The molecule has 1 saturated carbocycles. The van der Waals surface area contributed by atoms with Crippen LogP contribution in [0.25, 0.3) is 0 Å². The van der Waals surface area contributed by atoms with Crippen LogP contribution in [0.2, 0.25) is 0 Å². The summed E-state index contributed by atoms with van der Waals surface area (Å²) in [6, 6.07) is 9.55. The van der Waals surface area contributed by atoms with Gasteiger partial charge in [-0.2, -0.15) is 0 Å². The van der Waals surface area contributed by atoms with E-state index in [1.165, 1.54) is 6.42 Å². The first-order valence-electron chi connectivity index (χ1n) is 8.42. The quantitative estimate of drug-likeness (QED) is 0.511. The van der Waals surface area contributed by atoms with Crippen molar-refractivity contribution in [2.24, 2.45) is 0 Å². The number of halogens is 1. The lowest BCUT2D eigenvalue weighted by atomic mass is 9.83. The Balaban J connectivity index is 0.000000238. The molecule has 23 heavy (non-hydrogen) atoms. The van der Waals surface area contributed by atoms with Crippen LogP contribution >= 0.6 is 0 Å². The van der Waals surface area contributed by atoms with Crippen molar-refractivity contribution in [1.29, 1.82) is 0 Å². The second kappa shape index (κ2) is 11.8. The largest absolute Gasteiger partial charge is 0.463 e. The average molecular weight is 322 g/mol. The van der Waals surface area contributed by atoms with Crippen molar-refractivity contribution in [2.45, 2.75) is 70.1 Å². The highest BCUT2D eigenvalue weighted by Gasteiger charge is 2.30. The van der Waals surface area contributed by atoms with Crippen LogP contribution in [0.5, 0.6) is 0 Å². The molecular formula is C19H27FO3. The second-order valence-corrected chi connectivity index (χ2v) is 6.02. The fourth-order valence-electron chi connectivity index (χ4n) is 2.81. The fourth-order valence-corrected chi connectivity index (χ4v) is 2.81. The van der Waals surface area contributed by atoms with Crippen LogP contribution in [0.15, 0.2) is 30.3 Å². The van der Waals surface area contributed by atoms with Gasteiger partial charge in [0, 0.05) is 6.42 Å². The maximum absolute atomic E-state index is 13.9.